The fourth-order valence-electron chi connectivity index (χ4n) is 1.07. The van der Waals surface area contributed by atoms with Gasteiger partial charge in [0.25, 0.3) is 0 Å². The maximum absolute atomic E-state index is 4.20. The van der Waals surface area contributed by atoms with Crippen LogP contribution in [0.5, 0.6) is 0 Å². The molecule has 0 aliphatic heterocycles. The van der Waals surface area contributed by atoms with E-state index >= 15 is 0 Å². The monoisotopic (exact) mass is 162 g/mol. The minimum absolute atomic E-state index is 0.834. The molecule has 0 aliphatic carbocycles. The fourth-order valence-corrected chi connectivity index (χ4v) is 1.07. The molecule has 2 aromatic heterocycles. The average molecular weight is 162 g/mol. The third-order valence-electron chi connectivity index (χ3n) is 1.79. The van der Waals surface area contributed by atoms with E-state index in [1.54, 1.807) is 6.20 Å². The van der Waals surface area contributed by atoms with Crippen molar-refractivity contribution in [2.75, 3.05) is 19.0 Å². The van der Waals surface area contributed by atoms with Crippen molar-refractivity contribution in [3.8, 4) is 0 Å². The zero-order valence-electron chi connectivity index (χ0n) is 7.07. The van der Waals surface area contributed by atoms with Gasteiger partial charge in [0, 0.05) is 19.5 Å². The van der Waals surface area contributed by atoms with Crippen LogP contribution in [0.3, 0.4) is 0 Å². The summed E-state index contributed by atoms with van der Waals surface area (Å²) in [6.07, 6.45) is 3.59. The normalized spacial score (nSPS) is 10.5. The maximum atomic E-state index is 4.20. The summed E-state index contributed by atoms with van der Waals surface area (Å²) >= 11 is 0. The number of fused-ring (bicyclic) bond motifs is 1. The van der Waals surface area contributed by atoms with Gasteiger partial charge in [-0.3, -0.25) is 5.10 Å². The summed E-state index contributed by atoms with van der Waals surface area (Å²) in [5, 5.41) is 7.74. The highest BCUT2D eigenvalue weighted by atomic mass is 15.1. The van der Waals surface area contributed by atoms with Crippen molar-refractivity contribution in [1.82, 2.24) is 15.2 Å². The lowest BCUT2D eigenvalue weighted by Crippen LogP contribution is -2.08. The molecule has 0 spiro atoms. The van der Waals surface area contributed by atoms with Crippen LogP contribution in [0.15, 0.2) is 18.5 Å². The molecule has 0 bridgehead atoms. The predicted octanol–water partition coefficient (Wildman–Crippen LogP) is 1.02. The lowest BCUT2D eigenvalue weighted by molar-refractivity contribution is 1.09. The minimum Gasteiger partial charge on any atom is -0.376 e. The molecule has 4 heteroatoms. The zero-order chi connectivity index (χ0) is 8.55. The smallest absolute Gasteiger partial charge is 0.155 e. The van der Waals surface area contributed by atoms with Crippen LogP contribution < -0.4 is 4.90 Å². The van der Waals surface area contributed by atoms with E-state index in [-0.39, 0.29) is 0 Å². The zero-order valence-corrected chi connectivity index (χ0v) is 7.07. The first kappa shape index (κ1) is 7.09. The highest BCUT2D eigenvalue weighted by Crippen LogP contribution is 2.15. The lowest BCUT2D eigenvalue weighted by atomic mass is 10.3. The Morgan fingerprint density at radius 2 is 2.17 bits per heavy atom. The Morgan fingerprint density at radius 3 is 2.92 bits per heavy atom. The Bertz CT molecular complexity index is 391. The molecule has 0 radical (unpaired) electrons. The standard InChI is InChI=1S/C8H10N4/c1-12(2)7-3-6-4-10-11-8(6)9-5-7/h3-5H,1-2H3,(H,9,10,11). The molecule has 0 aliphatic rings. The topological polar surface area (TPSA) is 44.8 Å². The van der Waals surface area contributed by atoms with E-state index in [4.69, 9.17) is 0 Å². The second kappa shape index (κ2) is 2.48. The molecule has 0 aromatic carbocycles. The maximum Gasteiger partial charge on any atom is 0.155 e. The number of aromatic amines is 1. The van der Waals surface area contributed by atoms with Crippen molar-refractivity contribution in [3.05, 3.63) is 18.5 Å². The van der Waals surface area contributed by atoms with Crippen molar-refractivity contribution < 1.29 is 0 Å². The number of nitrogens with zero attached hydrogens (tertiary/aromatic N) is 3. The molecule has 4 nitrogen and oxygen atoms in total. The quantitative estimate of drug-likeness (QED) is 0.681. The second-order valence-electron chi connectivity index (χ2n) is 2.90. The summed E-state index contributed by atoms with van der Waals surface area (Å²) < 4.78 is 0. The number of anilines is 1. The number of rotatable bonds is 1. The van der Waals surface area contributed by atoms with E-state index < -0.39 is 0 Å². The molecule has 0 atom stereocenters. The SMILES string of the molecule is CN(C)c1cnc2[nH]ncc2c1. The Morgan fingerprint density at radius 1 is 1.33 bits per heavy atom. The summed E-state index contributed by atoms with van der Waals surface area (Å²) in [7, 11) is 3.98. The molecule has 2 heterocycles. The van der Waals surface area contributed by atoms with Crippen molar-refractivity contribution in [2.45, 2.75) is 0 Å². The van der Waals surface area contributed by atoms with E-state index in [0.29, 0.717) is 0 Å². The van der Waals surface area contributed by atoms with Crippen LogP contribution in [-0.2, 0) is 0 Å². The third kappa shape index (κ3) is 1.01. The molecular formula is C8H10N4. The molecule has 0 fully saturated rings. The van der Waals surface area contributed by atoms with Crippen LogP contribution in [0, 0.1) is 0 Å². The largest absolute Gasteiger partial charge is 0.376 e. The molecule has 0 unspecified atom stereocenters. The average Bonchev–Trinajstić information content (AvgIpc) is 2.49. The van der Waals surface area contributed by atoms with Crippen LogP contribution in [-0.4, -0.2) is 29.3 Å². The Hall–Kier alpha value is -1.58. The first-order chi connectivity index (χ1) is 5.77. The first-order valence-electron chi connectivity index (χ1n) is 3.74. The molecule has 2 aromatic rings. The summed E-state index contributed by atoms with van der Waals surface area (Å²) in [4.78, 5) is 6.22. The van der Waals surface area contributed by atoms with Gasteiger partial charge in [0.1, 0.15) is 0 Å². The number of aromatic nitrogens is 3. The summed E-state index contributed by atoms with van der Waals surface area (Å²) in [5.41, 5.74) is 1.92. The van der Waals surface area contributed by atoms with Gasteiger partial charge in [-0.1, -0.05) is 0 Å². The van der Waals surface area contributed by atoms with Gasteiger partial charge in [-0.05, 0) is 6.07 Å². The highest BCUT2D eigenvalue weighted by molar-refractivity contribution is 5.77. The van der Waals surface area contributed by atoms with Gasteiger partial charge in [-0.15, -0.1) is 0 Å². The van der Waals surface area contributed by atoms with Gasteiger partial charge >= 0.3 is 0 Å². The van der Waals surface area contributed by atoms with E-state index in [1.165, 1.54) is 0 Å². The van der Waals surface area contributed by atoms with Crippen molar-refractivity contribution >= 4 is 16.7 Å². The molecule has 2 rings (SSSR count). The van der Waals surface area contributed by atoms with Gasteiger partial charge < -0.3 is 4.90 Å². The van der Waals surface area contributed by atoms with E-state index in [2.05, 4.69) is 15.2 Å². The molecule has 0 amide bonds. The first-order valence-corrected chi connectivity index (χ1v) is 3.74. The lowest BCUT2D eigenvalue weighted by Gasteiger charge is -2.10. The highest BCUT2D eigenvalue weighted by Gasteiger charge is 1.99. The van der Waals surface area contributed by atoms with Gasteiger partial charge in [0.15, 0.2) is 5.65 Å². The molecular weight excluding hydrogens is 152 g/mol. The van der Waals surface area contributed by atoms with Gasteiger partial charge in [-0.2, -0.15) is 5.10 Å². The number of nitrogens with one attached hydrogen (secondary N) is 1. The van der Waals surface area contributed by atoms with E-state index in [1.807, 2.05) is 31.3 Å². The number of H-pyrrole nitrogens is 1. The van der Waals surface area contributed by atoms with E-state index in [9.17, 15) is 0 Å². The Labute approximate surface area is 70.2 Å². The minimum atomic E-state index is 0.834. The third-order valence-corrected chi connectivity index (χ3v) is 1.79. The predicted molar refractivity (Wildman–Crippen MR) is 48.2 cm³/mol. The summed E-state index contributed by atoms with van der Waals surface area (Å²) in [6, 6.07) is 2.05. The summed E-state index contributed by atoms with van der Waals surface area (Å²) in [5.74, 6) is 0. The van der Waals surface area contributed by atoms with Crippen LogP contribution in [0.25, 0.3) is 11.0 Å². The number of pyridine rings is 1. The number of hydrogen-bond acceptors (Lipinski definition) is 3. The van der Waals surface area contributed by atoms with Crippen molar-refractivity contribution in [1.29, 1.82) is 0 Å². The van der Waals surface area contributed by atoms with Crippen LogP contribution >= 0.6 is 0 Å². The fraction of sp³-hybridized carbons (Fsp3) is 0.250. The molecule has 0 saturated heterocycles. The molecule has 62 valence electrons. The summed E-state index contributed by atoms with van der Waals surface area (Å²) in [6.45, 7) is 0. The second-order valence-corrected chi connectivity index (χ2v) is 2.90. The van der Waals surface area contributed by atoms with Crippen LogP contribution in [0.4, 0.5) is 5.69 Å². The van der Waals surface area contributed by atoms with E-state index in [0.717, 1.165) is 16.7 Å². The van der Waals surface area contributed by atoms with Crippen LogP contribution in [0.1, 0.15) is 0 Å². The van der Waals surface area contributed by atoms with Crippen molar-refractivity contribution in [2.24, 2.45) is 0 Å². The van der Waals surface area contributed by atoms with Crippen LogP contribution in [0.2, 0.25) is 0 Å². The number of hydrogen-bond donors (Lipinski definition) is 1. The molecule has 0 saturated carbocycles. The Balaban J connectivity index is 2.60. The van der Waals surface area contributed by atoms with Gasteiger partial charge in [0.2, 0.25) is 0 Å². The van der Waals surface area contributed by atoms with Crippen molar-refractivity contribution in [3.63, 3.8) is 0 Å². The Kier molecular flexibility index (Phi) is 1.46. The van der Waals surface area contributed by atoms with Gasteiger partial charge in [-0.25, -0.2) is 4.98 Å². The molecule has 12 heavy (non-hydrogen) atoms. The van der Waals surface area contributed by atoms with Gasteiger partial charge in [0.05, 0.1) is 18.1 Å². The molecule has 1 N–H and O–H groups in total.